The van der Waals surface area contributed by atoms with E-state index in [9.17, 15) is 0 Å². The van der Waals surface area contributed by atoms with Gasteiger partial charge in [-0.05, 0) is 18.2 Å². The van der Waals surface area contributed by atoms with Crippen LogP contribution >= 0.6 is 15.9 Å². The first kappa shape index (κ1) is 9.40. The van der Waals surface area contributed by atoms with Gasteiger partial charge in [-0.25, -0.2) is 9.97 Å². The molecule has 0 radical (unpaired) electrons. The highest BCUT2D eigenvalue weighted by molar-refractivity contribution is 9.10. The maximum atomic E-state index is 4.41. The van der Waals surface area contributed by atoms with Crippen LogP contribution in [-0.4, -0.2) is 24.1 Å². The Bertz CT molecular complexity index is 468. The molecule has 0 aliphatic carbocycles. The molecule has 0 aliphatic rings. The molecule has 2 rings (SSSR count). The van der Waals surface area contributed by atoms with Gasteiger partial charge in [-0.1, -0.05) is 15.9 Å². The van der Waals surface area contributed by atoms with Gasteiger partial charge in [0.15, 0.2) is 0 Å². The zero-order chi connectivity index (χ0) is 10.1. The molecule has 14 heavy (non-hydrogen) atoms. The molecule has 0 amide bonds. The van der Waals surface area contributed by atoms with Crippen molar-refractivity contribution in [1.82, 2.24) is 9.97 Å². The molecule has 1 aromatic carbocycles. The molecule has 1 aromatic heterocycles. The van der Waals surface area contributed by atoms with Crippen molar-refractivity contribution >= 4 is 32.8 Å². The molecular formula is C10H10BrN3. The Hall–Kier alpha value is -1.16. The van der Waals surface area contributed by atoms with Gasteiger partial charge < -0.3 is 4.90 Å². The molecule has 0 N–H and O–H groups in total. The Morgan fingerprint density at radius 2 is 2.07 bits per heavy atom. The van der Waals surface area contributed by atoms with E-state index >= 15 is 0 Å². The molecule has 0 bridgehead atoms. The fourth-order valence-electron chi connectivity index (χ4n) is 1.21. The third kappa shape index (κ3) is 1.70. The molecule has 0 aliphatic heterocycles. The normalized spacial score (nSPS) is 10.5. The Labute approximate surface area is 90.9 Å². The van der Waals surface area contributed by atoms with Crippen molar-refractivity contribution in [2.75, 3.05) is 19.0 Å². The smallest absolute Gasteiger partial charge is 0.225 e. The highest BCUT2D eigenvalue weighted by atomic mass is 79.9. The van der Waals surface area contributed by atoms with Gasteiger partial charge in [0.1, 0.15) is 0 Å². The van der Waals surface area contributed by atoms with E-state index in [1.807, 2.05) is 43.4 Å². The van der Waals surface area contributed by atoms with Crippen LogP contribution in [0, 0.1) is 0 Å². The number of nitrogens with zero attached hydrogens (tertiary/aromatic N) is 3. The zero-order valence-corrected chi connectivity index (χ0v) is 9.62. The molecule has 0 saturated carbocycles. The summed E-state index contributed by atoms with van der Waals surface area (Å²) in [5, 5.41) is 1.05. The molecule has 2 aromatic rings. The van der Waals surface area contributed by atoms with Gasteiger partial charge in [0, 0.05) is 30.2 Å². The van der Waals surface area contributed by atoms with Gasteiger partial charge in [0.25, 0.3) is 0 Å². The second-order valence-electron chi connectivity index (χ2n) is 3.27. The van der Waals surface area contributed by atoms with Crippen molar-refractivity contribution in [3.05, 3.63) is 28.9 Å². The van der Waals surface area contributed by atoms with E-state index in [0.29, 0.717) is 0 Å². The number of hydrogen-bond acceptors (Lipinski definition) is 3. The maximum absolute atomic E-state index is 4.41. The Morgan fingerprint density at radius 3 is 2.79 bits per heavy atom. The molecule has 0 unspecified atom stereocenters. The molecule has 3 nitrogen and oxygen atoms in total. The van der Waals surface area contributed by atoms with E-state index in [-0.39, 0.29) is 0 Å². The summed E-state index contributed by atoms with van der Waals surface area (Å²) in [5.41, 5.74) is 0.965. The number of halogens is 1. The standard InChI is InChI=1S/C10H10BrN3/c1-14(2)10-12-6-7-5-8(11)3-4-9(7)13-10/h3-6H,1-2H3. The van der Waals surface area contributed by atoms with Crippen molar-refractivity contribution < 1.29 is 0 Å². The fourth-order valence-corrected chi connectivity index (χ4v) is 1.59. The molecule has 72 valence electrons. The molecule has 1 heterocycles. The summed E-state index contributed by atoms with van der Waals surface area (Å²) >= 11 is 3.41. The van der Waals surface area contributed by atoms with Crippen LogP contribution in [0.15, 0.2) is 28.9 Å². The predicted octanol–water partition coefficient (Wildman–Crippen LogP) is 2.46. The van der Waals surface area contributed by atoms with E-state index in [1.165, 1.54) is 0 Å². The lowest BCUT2D eigenvalue weighted by atomic mass is 10.2. The summed E-state index contributed by atoms with van der Waals surface area (Å²) in [4.78, 5) is 10.5. The lowest BCUT2D eigenvalue weighted by Crippen LogP contribution is -2.12. The average molecular weight is 252 g/mol. The van der Waals surface area contributed by atoms with Crippen LogP contribution in [0.25, 0.3) is 10.9 Å². The SMILES string of the molecule is CN(C)c1ncc2cc(Br)ccc2n1. The molecule has 0 fully saturated rings. The average Bonchev–Trinajstić information content (AvgIpc) is 2.16. The van der Waals surface area contributed by atoms with Crippen molar-refractivity contribution in [2.24, 2.45) is 0 Å². The largest absolute Gasteiger partial charge is 0.347 e. The van der Waals surface area contributed by atoms with Crippen LogP contribution in [0.3, 0.4) is 0 Å². The van der Waals surface area contributed by atoms with Crippen LogP contribution in [-0.2, 0) is 0 Å². The van der Waals surface area contributed by atoms with E-state index < -0.39 is 0 Å². The quantitative estimate of drug-likeness (QED) is 0.780. The lowest BCUT2D eigenvalue weighted by molar-refractivity contribution is 1.02. The fraction of sp³-hybridized carbons (Fsp3) is 0.200. The van der Waals surface area contributed by atoms with Crippen LogP contribution in [0.5, 0.6) is 0 Å². The van der Waals surface area contributed by atoms with Crippen LogP contribution in [0.4, 0.5) is 5.95 Å². The zero-order valence-electron chi connectivity index (χ0n) is 8.03. The van der Waals surface area contributed by atoms with E-state index in [2.05, 4.69) is 25.9 Å². The summed E-state index contributed by atoms with van der Waals surface area (Å²) in [6.45, 7) is 0. The minimum atomic E-state index is 0.736. The minimum Gasteiger partial charge on any atom is -0.347 e. The summed E-state index contributed by atoms with van der Waals surface area (Å²) in [5.74, 6) is 0.736. The van der Waals surface area contributed by atoms with Crippen LogP contribution in [0.2, 0.25) is 0 Å². The van der Waals surface area contributed by atoms with Gasteiger partial charge in [0.05, 0.1) is 5.52 Å². The third-order valence-corrected chi connectivity index (χ3v) is 2.42. The first-order valence-electron chi connectivity index (χ1n) is 4.26. The second-order valence-corrected chi connectivity index (χ2v) is 4.18. The summed E-state index contributed by atoms with van der Waals surface area (Å²) in [6.07, 6.45) is 1.84. The molecule has 0 spiro atoms. The van der Waals surface area contributed by atoms with Gasteiger partial charge in [-0.3, -0.25) is 0 Å². The van der Waals surface area contributed by atoms with Crippen molar-refractivity contribution in [1.29, 1.82) is 0 Å². The van der Waals surface area contributed by atoms with Crippen LogP contribution < -0.4 is 4.90 Å². The van der Waals surface area contributed by atoms with E-state index in [0.717, 1.165) is 21.3 Å². The maximum Gasteiger partial charge on any atom is 0.225 e. The monoisotopic (exact) mass is 251 g/mol. The number of anilines is 1. The van der Waals surface area contributed by atoms with Crippen molar-refractivity contribution in [3.63, 3.8) is 0 Å². The van der Waals surface area contributed by atoms with Crippen molar-refractivity contribution in [3.8, 4) is 0 Å². The molecular weight excluding hydrogens is 242 g/mol. The molecule has 4 heteroatoms. The van der Waals surface area contributed by atoms with Gasteiger partial charge in [-0.15, -0.1) is 0 Å². The number of rotatable bonds is 1. The Kier molecular flexibility index (Phi) is 2.37. The number of aromatic nitrogens is 2. The predicted molar refractivity (Wildman–Crippen MR) is 61.6 cm³/mol. The highest BCUT2D eigenvalue weighted by Gasteiger charge is 2.01. The summed E-state index contributed by atoms with van der Waals surface area (Å²) < 4.78 is 1.05. The first-order valence-corrected chi connectivity index (χ1v) is 5.06. The van der Waals surface area contributed by atoms with Gasteiger partial charge in [-0.2, -0.15) is 0 Å². The van der Waals surface area contributed by atoms with Gasteiger partial charge in [0.2, 0.25) is 5.95 Å². The summed E-state index contributed by atoms with van der Waals surface area (Å²) in [7, 11) is 3.86. The Balaban J connectivity index is 2.62. The lowest BCUT2D eigenvalue weighted by Gasteiger charge is -2.09. The number of hydrogen-bond donors (Lipinski definition) is 0. The highest BCUT2D eigenvalue weighted by Crippen LogP contribution is 2.18. The number of fused-ring (bicyclic) bond motifs is 1. The third-order valence-electron chi connectivity index (χ3n) is 1.93. The summed E-state index contributed by atoms with van der Waals surface area (Å²) in [6, 6.07) is 5.97. The molecule has 0 atom stereocenters. The van der Waals surface area contributed by atoms with Crippen molar-refractivity contribution in [2.45, 2.75) is 0 Å². The minimum absolute atomic E-state index is 0.736. The second kappa shape index (κ2) is 3.53. The topological polar surface area (TPSA) is 29.0 Å². The molecule has 0 saturated heterocycles. The number of benzene rings is 1. The van der Waals surface area contributed by atoms with Gasteiger partial charge >= 0.3 is 0 Å². The Morgan fingerprint density at radius 1 is 1.29 bits per heavy atom. The first-order chi connectivity index (χ1) is 6.66. The van der Waals surface area contributed by atoms with Crippen LogP contribution in [0.1, 0.15) is 0 Å². The van der Waals surface area contributed by atoms with E-state index in [4.69, 9.17) is 0 Å². The van der Waals surface area contributed by atoms with E-state index in [1.54, 1.807) is 0 Å².